The van der Waals surface area contributed by atoms with E-state index in [0.717, 1.165) is 41.9 Å². The number of halogens is 1. The number of rotatable bonds is 9. The normalized spacial score (nSPS) is 14.1. The van der Waals surface area contributed by atoms with Gasteiger partial charge in [-0.25, -0.2) is 4.98 Å². The fraction of sp³-hybridized carbons (Fsp3) is 0.278. The maximum atomic E-state index is 13.1. The molecule has 1 amide bonds. The summed E-state index contributed by atoms with van der Waals surface area (Å²) < 4.78 is 11.9. The lowest BCUT2D eigenvalue weighted by atomic mass is 10.0. The van der Waals surface area contributed by atoms with Crippen molar-refractivity contribution in [3.05, 3.63) is 123 Å². The van der Waals surface area contributed by atoms with Crippen molar-refractivity contribution in [1.82, 2.24) is 14.8 Å². The van der Waals surface area contributed by atoms with Gasteiger partial charge in [-0.1, -0.05) is 71.3 Å². The van der Waals surface area contributed by atoms with E-state index in [1.807, 2.05) is 36.9 Å². The minimum absolute atomic E-state index is 0.0236. The van der Waals surface area contributed by atoms with Crippen LogP contribution in [0.2, 0.25) is 5.02 Å². The van der Waals surface area contributed by atoms with Gasteiger partial charge >= 0.3 is 0 Å². The predicted molar refractivity (Wildman–Crippen MR) is 173 cm³/mol. The van der Waals surface area contributed by atoms with Crippen molar-refractivity contribution in [3.63, 3.8) is 0 Å². The molecule has 1 aliphatic rings. The molecule has 0 atom stereocenters. The number of carbonyl (C=O) groups excluding carboxylic acids is 1. The summed E-state index contributed by atoms with van der Waals surface area (Å²) in [5.41, 5.74) is 7.47. The van der Waals surface area contributed by atoms with Crippen molar-refractivity contribution in [2.75, 3.05) is 26.2 Å². The highest BCUT2D eigenvalue weighted by Gasteiger charge is 2.20. The van der Waals surface area contributed by atoms with Gasteiger partial charge in [-0.05, 0) is 73.7 Å². The highest BCUT2D eigenvalue weighted by atomic mass is 35.5. The number of allylic oxidation sites excluding steroid dienone is 1. The average Bonchev–Trinajstić information content (AvgIpc) is 3.00. The molecule has 222 valence electrons. The van der Waals surface area contributed by atoms with Crippen LogP contribution < -0.4 is 9.47 Å². The Kier molecular flexibility index (Phi) is 9.80. The molecule has 0 bridgehead atoms. The number of amides is 1. The lowest BCUT2D eigenvalue weighted by molar-refractivity contribution is -0.127. The van der Waals surface area contributed by atoms with E-state index < -0.39 is 0 Å². The van der Waals surface area contributed by atoms with Crippen molar-refractivity contribution < 1.29 is 14.3 Å². The van der Waals surface area contributed by atoms with Crippen molar-refractivity contribution in [3.8, 4) is 17.4 Å². The summed E-state index contributed by atoms with van der Waals surface area (Å²) in [6.45, 7) is 12.6. The molecule has 0 radical (unpaired) electrons. The molecule has 6 nitrogen and oxygen atoms in total. The van der Waals surface area contributed by atoms with Crippen molar-refractivity contribution in [2.45, 2.75) is 40.8 Å². The summed E-state index contributed by atoms with van der Waals surface area (Å²) in [7, 11) is 0. The molecule has 7 heteroatoms. The zero-order valence-electron chi connectivity index (χ0n) is 25.3. The van der Waals surface area contributed by atoms with Gasteiger partial charge in [0.15, 0.2) is 5.75 Å². The Balaban J connectivity index is 1.15. The van der Waals surface area contributed by atoms with Gasteiger partial charge in [0.05, 0.1) is 11.2 Å². The second-order valence-corrected chi connectivity index (χ2v) is 11.6. The molecule has 0 aliphatic carbocycles. The van der Waals surface area contributed by atoms with Crippen molar-refractivity contribution in [1.29, 1.82) is 0 Å². The van der Waals surface area contributed by atoms with Crippen LogP contribution in [0.3, 0.4) is 0 Å². The maximum absolute atomic E-state index is 13.1. The van der Waals surface area contributed by atoms with E-state index in [4.69, 9.17) is 21.1 Å². The number of hydrogen-bond donors (Lipinski definition) is 0. The quantitative estimate of drug-likeness (QED) is 0.185. The molecule has 1 aromatic heterocycles. The van der Waals surface area contributed by atoms with Gasteiger partial charge in [0.1, 0.15) is 12.4 Å². The van der Waals surface area contributed by atoms with Crippen LogP contribution in [0.4, 0.5) is 0 Å². The summed E-state index contributed by atoms with van der Waals surface area (Å²) >= 11 is 6.66. The first-order chi connectivity index (χ1) is 20.7. The van der Waals surface area contributed by atoms with Crippen LogP contribution in [0.15, 0.2) is 85.1 Å². The van der Waals surface area contributed by atoms with Crippen LogP contribution >= 0.6 is 11.6 Å². The molecule has 1 saturated heterocycles. The summed E-state index contributed by atoms with van der Waals surface area (Å²) in [5.74, 6) is 1.64. The molecule has 0 saturated carbocycles. The van der Waals surface area contributed by atoms with Gasteiger partial charge in [0.25, 0.3) is 0 Å². The van der Waals surface area contributed by atoms with E-state index in [2.05, 4.69) is 72.3 Å². The third-order valence-corrected chi connectivity index (χ3v) is 7.96. The van der Waals surface area contributed by atoms with Crippen LogP contribution in [0.5, 0.6) is 17.4 Å². The number of aryl methyl sites for hydroxylation is 3. The molecule has 0 unspecified atom stereocenters. The molecular formula is C36H38ClN3O3. The number of piperazine rings is 1. The van der Waals surface area contributed by atoms with Crippen LogP contribution in [-0.2, 0) is 17.9 Å². The standard InChI is InChI=1S/C36H38ClN3O3/c1-25-5-9-29(10-6-25)23-39-15-17-40(18-16-39)35(41)20-27(3)31-19-28(4)36(33(37)21-31)43-34-14-13-32(22-38-34)42-24-30-11-7-26(2)8-12-30/h5-14,19-22H,15-18,23-24H2,1-4H3. The third kappa shape index (κ3) is 8.25. The molecule has 1 fully saturated rings. The number of ether oxygens (including phenoxy) is 2. The highest BCUT2D eigenvalue weighted by molar-refractivity contribution is 6.32. The van der Waals surface area contributed by atoms with Crippen molar-refractivity contribution >= 4 is 23.1 Å². The van der Waals surface area contributed by atoms with Crippen LogP contribution in [0, 0.1) is 20.8 Å². The Hall–Kier alpha value is -4.13. The van der Waals surface area contributed by atoms with E-state index >= 15 is 0 Å². The van der Waals surface area contributed by atoms with Crippen LogP contribution in [0.1, 0.15) is 40.3 Å². The van der Waals surface area contributed by atoms with E-state index in [1.54, 1.807) is 18.3 Å². The van der Waals surface area contributed by atoms with Gasteiger partial charge in [-0.3, -0.25) is 9.69 Å². The number of carbonyl (C=O) groups is 1. The van der Waals surface area contributed by atoms with Crippen LogP contribution in [-0.4, -0.2) is 46.9 Å². The van der Waals surface area contributed by atoms with Crippen LogP contribution in [0.25, 0.3) is 5.57 Å². The minimum atomic E-state index is 0.0236. The molecule has 2 heterocycles. The van der Waals surface area contributed by atoms with E-state index in [0.29, 0.717) is 42.1 Å². The monoisotopic (exact) mass is 595 g/mol. The fourth-order valence-corrected chi connectivity index (χ4v) is 5.30. The largest absolute Gasteiger partial charge is 0.487 e. The number of benzene rings is 3. The molecule has 3 aromatic carbocycles. The Morgan fingerprint density at radius 2 is 1.53 bits per heavy atom. The summed E-state index contributed by atoms with van der Waals surface area (Å²) in [4.78, 5) is 21.8. The van der Waals surface area contributed by atoms with Gasteiger partial charge in [-0.2, -0.15) is 0 Å². The van der Waals surface area contributed by atoms with Gasteiger partial charge in [-0.15, -0.1) is 0 Å². The molecule has 43 heavy (non-hydrogen) atoms. The summed E-state index contributed by atoms with van der Waals surface area (Å²) in [6, 6.07) is 24.3. The zero-order chi connectivity index (χ0) is 30.3. The molecular weight excluding hydrogens is 558 g/mol. The Morgan fingerprint density at radius 1 is 0.884 bits per heavy atom. The fourth-order valence-electron chi connectivity index (χ4n) is 4.99. The highest BCUT2D eigenvalue weighted by Crippen LogP contribution is 2.35. The molecule has 4 aromatic rings. The van der Waals surface area contributed by atoms with Gasteiger partial charge in [0.2, 0.25) is 11.8 Å². The Labute approximate surface area is 259 Å². The Morgan fingerprint density at radius 3 is 2.14 bits per heavy atom. The van der Waals surface area contributed by atoms with E-state index in [9.17, 15) is 4.79 Å². The topological polar surface area (TPSA) is 54.9 Å². The van der Waals surface area contributed by atoms with Gasteiger partial charge < -0.3 is 14.4 Å². The lowest BCUT2D eigenvalue weighted by Crippen LogP contribution is -2.47. The maximum Gasteiger partial charge on any atom is 0.246 e. The first kappa shape index (κ1) is 30.3. The van der Waals surface area contributed by atoms with E-state index in [-0.39, 0.29) is 5.91 Å². The minimum Gasteiger partial charge on any atom is -0.487 e. The van der Waals surface area contributed by atoms with Gasteiger partial charge in [0, 0.05) is 44.9 Å². The summed E-state index contributed by atoms with van der Waals surface area (Å²) in [6.07, 6.45) is 3.35. The number of hydrogen-bond acceptors (Lipinski definition) is 5. The second kappa shape index (κ2) is 13.9. The Bertz CT molecular complexity index is 1550. The third-order valence-electron chi connectivity index (χ3n) is 7.68. The second-order valence-electron chi connectivity index (χ2n) is 11.2. The predicted octanol–water partition coefficient (Wildman–Crippen LogP) is 7.78. The molecule has 0 N–H and O–H groups in total. The first-order valence-electron chi connectivity index (χ1n) is 14.6. The smallest absolute Gasteiger partial charge is 0.246 e. The molecule has 5 rings (SSSR count). The molecule has 0 spiro atoms. The SMILES string of the molecule is CC(=CC(=O)N1CCN(Cc2ccc(C)cc2)CC1)c1cc(C)c(Oc2ccc(OCc3ccc(C)cc3)cn2)c(Cl)c1. The number of pyridine rings is 1. The summed E-state index contributed by atoms with van der Waals surface area (Å²) in [5, 5.41) is 0.460. The lowest BCUT2D eigenvalue weighted by Gasteiger charge is -2.34. The number of nitrogens with zero attached hydrogens (tertiary/aromatic N) is 3. The number of aromatic nitrogens is 1. The van der Waals surface area contributed by atoms with Crippen molar-refractivity contribution in [2.24, 2.45) is 0 Å². The van der Waals surface area contributed by atoms with E-state index in [1.165, 1.54) is 16.7 Å². The average molecular weight is 596 g/mol. The molecule has 1 aliphatic heterocycles. The first-order valence-corrected chi connectivity index (χ1v) is 15.0. The zero-order valence-corrected chi connectivity index (χ0v) is 26.0.